The lowest BCUT2D eigenvalue weighted by molar-refractivity contribution is 0.275. The molecule has 86 valence electrons. The fraction of sp³-hybridized carbons (Fsp3) is 0.200. The molecule has 0 radical (unpaired) electrons. The van der Waals surface area contributed by atoms with E-state index in [2.05, 4.69) is 10.2 Å². The lowest BCUT2D eigenvalue weighted by Gasteiger charge is -2.10. The van der Waals surface area contributed by atoms with Gasteiger partial charge >= 0.3 is 7.12 Å². The second kappa shape index (κ2) is 3.87. The van der Waals surface area contributed by atoms with Gasteiger partial charge < -0.3 is 18.8 Å². The number of hydrogen-bond donors (Lipinski definition) is 1. The molecular weight excluding hydrogens is 223 g/mol. The number of aromatic nitrogens is 2. The highest BCUT2D eigenvalue weighted by molar-refractivity contribution is 6.63. The van der Waals surface area contributed by atoms with Crippen molar-refractivity contribution in [1.29, 1.82) is 0 Å². The zero-order chi connectivity index (χ0) is 11.8. The Morgan fingerprint density at radius 2 is 2.35 bits per heavy atom. The van der Waals surface area contributed by atoms with Crippen molar-refractivity contribution in [2.45, 2.75) is 6.61 Å². The van der Waals surface area contributed by atoms with Crippen molar-refractivity contribution in [2.24, 2.45) is 0 Å². The third-order valence-electron chi connectivity index (χ3n) is 2.72. The molecule has 3 rings (SSSR count). The van der Waals surface area contributed by atoms with E-state index >= 15 is 0 Å². The van der Waals surface area contributed by atoms with E-state index in [9.17, 15) is 5.02 Å². The number of nitrogens with zero attached hydrogens (tertiary/aromatic N) is 2. The fourth-order valence-electron chi connectivity index (χ4n) is 1.97. The summed E-state index contributed by atoms with van der Waals surface area (Å²) in [6, 6.07) is 3.67. The topological polar surface area (TPSA) is 77.6 Å². The van der Waals surface area contributed by atoms with Crippen LogP contribution in [0.15, 0.2) is 22.9 Å². The van der Waals surface area contributed by atoms with Gasteiger partial charge in [-0.05, 0) is 11.6 Å². The highest BCUT2D eigenvalue weighted by Gasteiger charge is 2.33. The van der Waals surface area contributed by atoms with Crippen LogP contribution in [0.4, 0.5) is 0 Å². The summed E-state index contributed by atoms with van der Waals surface area (Å²) in [6.45, 7) is 0.372. The van der Waals surface area contributed by atoms with Gasteiger partial charge in [-0.15, -0.1) is 10.2 Å². The van der Waals surface area contributed by atoms with Crippen LogP contribution in [0.5, 0.6) is 5.75 Å². The first-order chi connectivity index (χ1) is 8.31. The van der Waals surface area contributed by atoms with E-state index in [1.165, 1.54) is 13.5 Å². The molecule has 2 aromatic rings. The highest BCUT2D eigenvalue weighted by atomic mass is 16.5. The first-order valence-electron chi connectivity index (χ1n) is 5.07. The Hall–Kier alpha value is -1.86. The summed E-state index contributed by atoms with van der Waals surface area (Å²) in [4.78, 5) is 0. The van der Waals surface area contributed by atoms with Crippen LogP contribution >= 0.6 is 0 Å². The summed E-state index contributed by atoms with van der Waals surface area (Å²) in [5, 5.41) is 17.2. The Kier molecular flexibility index (Phi) is 2.34. The predicted octanol–water partition coefficient (Wildman–Crippen LogP) is -0.0371. The second-order valence-corrected chi connectivity index (χ2v) is 3.63. The van der Waals surface area contributed by atoms with Gasteiger partial charge in [-0.1, -0.05) is 6.07 Å². The first-order valence-corrected chi connectivity index (χ1v) is 5.07. The highest BCUT2D eigenvalue weighted by Crippen LogP contribution is 2.30. The van der Waals surface area contributed by atoms with Crippen molar-refractivity contribution in [3.8, 4) is 17.2 Å². The van der Waals surface area contributed by atoms with E-state index in [0.717, 1.165) is 5.56 Å². The molecule has 2 heterocycles. The molecule has 0 fully saturated rings. The molecular formula is C10H9BN2O4. The van der Waals surface area contributed by atoms with Crippen LogP contribution in [0, 0.1) is 0 Å². The summed E-state index contributed by atoms with van der Waals surface area (Å²) >= 11 is 0. The molecule has 0 bridgehead atoms. The van der Waals surface area contributed by atoms with Gasteiger partial charge in [-0.3, -0.25) is 0 Å². The average molecular weight is 232 g/mol. The largest absolute Gasteiger partial charge is 0.496 e. The molecule has 0 amide bonds. The fourth-order valence-corrected chi connectivity index (χ4v) is 1.97. The average Bonchev–Trinajstić information content (AvgIpc) is 2.98. The van der Waals surface area contributed by atoms with Crippen molar-refractivity contribution in [2.75, 3.05) is 7.11 Å². The van der Waals surface area contributed by atoms with E-state index in [0.29, 0.717) is 29.3 Å². The second-order valence-electron chi connectivity index (χ2n) is 3.63. The Labute approximate surface area is 97.3 Å². The third kappa shape index (κ3) is 1.51. The molecule has 1 aromatic carbocycles. The summed E-state index contributed by atoms with van der Waals surface area (Å²) in [7, 11) is 0.559. The van der Waals surface area contributed by atoms with Gasteiger partial charge in [-0.25, -0.2) is 0 Å². The molecule has 6 nitrogen and oxygen atoms in total. The number of ether oxygens (including phenoxy) is 1. The van der Waals surface area contributed by atoms with Crippen LogP contribution in [-0.4, -0.2) is 29.4 Å². The van der Waals surface area contributed by atoms with Gasteiger partial charge in [0, 0.05) is 5.46 Å². The van der Waals surface area contributed by atoms with Gasteiger partial charge in [0.25, 0.3) is 5.89 Å². The Morgan fingerprint density at radius 1 is 1.47 bits per heavy atom. The molecule has 0 unspecified atom stereocenters. The standard InChI is InChI=1S/C10H9BN2O4/c1-15-9-7(10-13-12-5-16-10)3-2-6-4-17-11(14)8(6)9/h2-3,5,14H,4H2,1H3. The Bertz CT molecular complexity index is 543. The molecule has 0 saturated heterocycles. The molecule has 1 aliphatic heterocycles. The van der Waals surface area contributed by atoms with E-state index < -0.39 is 7.12 Å². The van der Waals surface area contributed by atoms with Crippen LogP contribution in [0.2, 0.25) is 0 Å². The lowest BCUT2D eigenvalue weighted by atomic mass is 9.77. The number of methoxy groups -OCH3 is 1. The van der Waals surface area contributed by atoms with Gasteiger partial charge in [-0.2, -0.15) is 0 Å². The smallest absolute Gasteiger partial charge is 0.495 e. The van der Waals surface area contributed by atoms with Crippen molar-refractivity contribution in [3.05, 3.63) is 24.1 Å². The molecule has 0 spiro atoms. The van der Waals surface area contributed by atoms with E-state index in [1.807, 2.05) is 12.1 Å². The van der Waals surface area contributed by atoms with E-state index in [-0.39, 0.29) is 0 Å². The maximum absolute atomic E-state index is 9.75. The number of hydrogen-bond acceptors (Lipinski definition) is 6. The molecule has 0 atom stereocenters. The summed E-state index contributed by atoms with van der Waals surface area (Å²) in [6.07, 6.45) is 1.24. The quantitative estimate of drug-likeness (QED) is 0.732. The number of rotatable bonds is 2. The summed E-state index contributed by atoms with van der Waals surface area (Å²) in [5.41, 5.74) is 2.18. The van der Waals surface area contributed by atoms with Crippen LogP contribution < -0.4 is 10.2 Å². The van der Waals surface area contributed by atoms with Crippen LogP contribution in [0.3, 0.4) is 0 Å². The lowest BCUT2D eigenvalue weighted by Crippen LogP contribution is -2.30. The van der Waals surface area contributed by atoms with Crippen molar-refractivity contribution in [3.63, 3.8) is 0 Å². The minimum absolute atomic E-state index is 0.351. The normalized spacial score (nSPS) is 13.9. The monoisotopic (exact) mass is 232 g/mol. The molecule has 0 saturated carbocycles. The van der Waals surface area contributed by atoms with Crippen LogP contribution in [0.1, 0.15) is 5.56 Å². The van der Waals surface area contributed by atoms with Crippen molar-refractivity contribution >= 4 is 12.6 Å². The van der Waals surface area contributed by atoms with E-state index in [1.54, 1.807) is 0 Å². The SMILES string of the molecule is COc1c(-c2nnco2)ccc2c1B(O)OC2. The predicted molar refractivity (Wildman–Crippen MR) is 58.7 cm³/mol. The van der Waals surface area contributed by atoms with Gasteiger partial charge in [0.15, 0.2) is 0 Å². The van der Waals surface area contributed by atoms with Crippen LogP contribution in [0.25, 0.3) is 11.5 Å². The summed E-state index contributed by atoms with van der Waals surface area (Å²) in [5.74, 6) is 0.862. The van der Waals surface area contributed by atoms with E-state index in [4.69, 9.17) is 13.8 Å². The maximum atomic E-state index is 9.75. The third-order valence-corrected chi connectivity index (χ3v) is 2.72. The number of fused-ring (bicyclic) bond motifs is 1. The van der Waals surface area contributed by atoms with Gasteiger partial charge in [0.05, 0.1) is 19.3 Å². The molecule has 7 heteroatoms. The van der Waals surface area contributed by atoms with Crippen molar-refractivity contribution in [1.82, 2.24) is 10.2 Å². The van der Waals surface area contributed by atoms with Gasteiger partial charge in [0.1, 0.15) is 5.75 Å². The zero-order valence-electron chi connectivity index (χ0n) is 9.08. The Morgan fingerprint density at radius 3 is 3.06 bits per heavy atom. The molecule has 17 heavy (non-hydrogen) atoms. The maximum Gasteiger partial charge on any atom is 0.495 e. The van der Waals surface area contributed by atoms with Gasteiger partial charge in [0.2, 0.25) is 6.39 Å². The molecule has 0 aliphatic carbocycles. The minimum atomic E-state index is -0.970. The number of benzene rings is 1. The molecule has 1 aromatic heterocycles. The first kappa shape index (κ1) is 10.3. The van der Waals surface area contributed by atoms with Crippen LogP contribution in [-0.2, 0) is 11.3 Å². The molecule has 1 N–H and O–H groups in total. The molecule has 1 aliphatic rings. The zero-order valence-corrected chi connectivity index (χ0v) is 9.08. The summed E-state index contributed by atoms with van der Waals surface area (Å²) < 4.78 is 15.6. The Balaban J connectivity index is 2.21. The van der Waals surface area contributed by atoms with Crippen molar-refractivity contribution < 1.29 is 18.8 Å². The minimum Gasteiger partial charge on any atom is -0.496 e.